The molecule has 0 N–H and O–H groups in total. The first-order valence-electron chi connectivity index (χ1n) is 4.79. The number of hydrogen-bond acceptors (Lipinski definition) is 5. The fraction of sp³-hybridized carbons (Fsp3) is 0.375. The van der Waals surface area contributed by atoms with Gasteiger partial charge in [0.05, 0.1) is 12.5 Å². The molecule has 0 bridgehead atoms. The van der Waals surface area contributed by atoms with Crippen LogP contribution < -0.4 is 0 Å². The summed E-state index contributed by atoms with van der Waals surface area (Å²) < 4.78 is 25.8. The van der Waals surface area contributed by atoms with Gasteiger partial charge in [0.2, 0.25) is 0 Å². The zero-order valence-corrected chi connectivity index (χ0v) is 10.8. The van der Waals surface area contributed by atoms with Crippen LogP contribution in [0.25, 0.3) is 11.5 Å². The van der Waals surface area contributed by atoms with Crippen molar-refractivity contribution in [2.45, 2.75) is 18.6 Å². The molecule has 0 amide bonds. The Hall–Kier alpha value is -1.41. The molecule has 2 aromatic rings. The third-order valence-corrected chi connectivity index (χ3v) is 3.45. The predicted octanol–water partition coefficient (Wildman–Crippen LogP) is 0.626. The average Bonchev–Trinajstić information content (AvgIpc) is 2.81. The number of imidazole rings is 1. The van der Waals surface area contributed by atoms with Crippen LogP contribution in [-0.2, 0) is 22.6 Å². The van der Waals surface area contributed by atoms with Gasteiger partial charge in [-0.3, -0.25) is 4.57 Å². The number of nitrogens with zero attached hydrogens (tertiary/aromatic N) is 5. The van der Waals surface area contributed by atoms with E-state index in [2.05, 4.69) is 15.2 Å². The molecule has 0 spiro atoms. The van der Waals surface area contributed by atoms with Crippen molar-refractivity contribution in [3.8, 4) is 11.5 Å². The van der Waals surface area contributed by atoms with Crippen LogP contribution in [0.2, 0.25) is 0 Å². The van der Waals surface area contributed by atoms with E-state index in [4.69, 9.17) is 10.7 Å². The van der Waals surface area contributed by atoms with E-state index in [1.807, 2.05) is 0 Å². The van der Waals surface area contributed by atoms with Crippen LogP contribution in [-0.4, -0.2) is 32.7 Å². The molecule has 0 saturated carbocycles. The van der Waals surface area contributed by atoms with Gasteiger partial charge in [-0.15, -0.1) is 10.2 Å². The summed E-state index contributed by atoms with van der Waals surface area (Å²) in [5.41, 5.74) is 0.672. The van der Waals surface area contributed by atoms with Gasteiger partial charge in [-0.1, -0.05) is 0 Å². The van der Waals surface area contributed by atoms with Gasteiger partial charge in [-0.05, 0) is 6.92 Å². The second-order valence-electron chi connectivity index (χ2n) is 3.38. The normalized spacial score (nSPS) is 11.9. The molecule has 0 aliphatic rings. The molecule has 0 aliphatic heterocycles. The Morgan fingerprint density at radius 1 is 1.41 bits per heavy atom. The van der Waals surface area contributed by atoms with Gasteiger partial charge < -0.3 is 4.57 Å². The van der Waals surface area contributed by atoms with Crippen LogP contribution in [0.4, 0.5) is 0 Å². The largest absolute Gasteiger partial charge is 0.331 e. The van der Waals surface area contributed by atoms with Gasteiger partial charge in [0.25, 0.3) is 14.2 Å². The third-order valence-electron chi connectivity index (χ3n) is 2.30. The van der Waals surface area contributed by atoms with E-state index in [9.17, 15) is 8.42 Å². The van der Waals surface area contributed by atoms with Gasteiger partial charge in [-0.2, -0.15) is 0 Å². The van der Waals surface area contributed by atoms with Gasteiger partial charge in [0.1, 0.15) is 5.69 Å². The smallest absolute Gasteiger partial charge is 0.296 e. The van der Waals surface area contributed by atoms with Crippen LogP contribution in [0.3, 0.4) is 0 Å². The summed E-state index contributed by atoms with van der Waals surface area (Å²) in [6, 6.07) is 0. The number of aryl methyl sites for hydroxylation is 1. The molecule has 0 saturated heterocycles. The average molecular weight is 276 g/mol. The van der Waals surface area contributed by atoms with Gasteiger partial charge in [-0.25, -0.2) is 13.4 Å². The summed E-state index contributed by atoms with van der Waals surface area (Å²) in [5.74, 6) is 0.423. The highest BCUT2D eigenvalue weighted by atomic mass is 35.7. The maximum Gasteiger partial charge on any atom is 0.296 e. The Bertz CT molecular complexity index is 645. The summed E-state index contributed by atoms with van der Waals surface area (Å²) in [7, 11) is 3.17. The molecule has 0 fully saturated rings. The highest BCUT2D eigenvalue weighted by Gasteiger charge is 2.23. The first kappa shape index (κ1) is 12.1. The Labute approximate surface area is 102 Å². The van der Waals surface area contributed by atoms with Crippen molar-refractivity contribution in [1.82, 2.24) is 24.3 Å². The summed E-state index contributed by atoms with van der Waals surface area (Å²) in [5, 5.41) is 7.20. The molecule has 0 aromatic carbocycles. The Balaban J connectivity index is 2.66. The summed E-state index contributed by atoms with van der Waals surface area (Å²) >= 11 is 0. The van der Waals surface area contributed by atoms with Crippen molar-refractivity contribution in [2.75, 3.05) is 0 Å². The lowest BCUT2D eigenvalue weighted by Gasteiger charge is -2.05. The summed E-state index contributed by atoms with van der Waals surface area (Å²) in [4.78, 5) is 3.94. The van der Waals surface area contributed by atoms with Crippen molar-refractivity contribution < 1.29 is 8.42 Å². The Kier molecular flexibility index (Phi) is 2.92. The highest BCUT2D eigenvalue weighted by molar-refractivity contribution is 8.13. The van der Waals surface area contributed by atoms with Crippen LogP contribution in [0, 0.1) is 0 Å². The quantitative estimate of drug-likeness (QED) is 0.767. The van der Waals surface area contributed by atoms with Crippen LogP contribution in [0.1, 0.15) is 6.92 Å². The van der Waals surface area contributed by atoms with Crippen molar-refractivity contribution in [2.24, 2.45) is 7.05 Å². The van der Waals surface area contributed by atoms with Gasteiger partial charge >= 0.3 is 0 Å². The predicted molar refractivity (Wildman–Crippen MR) is 60.9 cm³/mol. The van der Waals surface area contributed by atoms with Crippen molar-refractivity contribution in [1.29, 1.82) is 0 Å². The molecule has 9 heteroatoms. The molecular weight excluding hydrogens is 266 g/mol. The van der Waals surface area contributed by atoms with Crippen molar-refractivity contribution in [3.05, 3.63) is 12.5 Å². The van der Waals surface area contributed by atoms with Crippen molar-refractivity contribution in [3.63, 3.8) is 0 Å². The van der Waals surface area contributed by atoms with E-state index in [0.29, 0.717) is 18.1 Å². The fourth-order valence-corrected chi connectivity index (χ4v) is 2.48. The summed E-state index contributed by atoms with van der Waals surface area (Å²) in [6.45, 7) is 2.18. The van der Waals surface area contributed by atoms with E-state index in [0.717, 1.165) is 0 Å². The maximum absolute atomic E-state index is 11.3. The lowest BCUT2D eigenvalue weighted by atomic mass is 10.4. The van der Waals surface area contributed by atoms with E-state index in [-0.39, 0.29) is 5.16 Å². The van der Waals surface area contributed by atoms with E-state index in [1.165, 1.54) is 4.57 Å². The minimum Gasteiger partial charge on any atom is -0.331 e. The van der Waals surface area contributed by atoms with Crippen LogP contribution >= 0.6 is 10.7 Å². The molecule has 0 aliphatic carbocycles. The van der Waals surface area contributed by atoms with Crippen LogP contribution in [0.15, 0.2) is 17.7 Å². The maximum atomic E-state index is 11.3. The van der Waals surface area contributed by atoms with Crippen molar-refractivity contribution >= 4 is 19.7 Å². The molecule has 7 nitrogen and oxygen atoms in total. The molecule has 92 valence electrons. The number of hydrogen-bond donors (Lipinski definition) is 0. The van der Waals surface area contributed by atoms with Crippen LogP contribution in [0.5, 0.6) is 0 Å². The van der Waals surface area contributed by atoms with E-state index in [1.54, 1.807) is 31.1 Å². The number of halogens is 1. The molecule has 2 heterocycles. The van der Waals surface area contributed by atoms with E-state index < -0.39 is 9.05 Å². The number of aromatic nitrogens is 5. The molecule has 2 rings (SSSR count). The molecule has 17 heavy (non-hydrogen) atoms. The zero-order chi connectivity index (χ0) is 12.6. The molecule has 0 radical (unpaired) electrons. The highest BCUT2D eigenvalue weighted by Crippen LogP contribution is 2.21. The SMILES string of the molecule is CCn1c(-c2cncn2C)nnc1S(=O)(=O)Cl. The first-order chi connectivity index (χ1) is 7.95. The Morgan fingerprint density at radius 2 is 2.12 bits per heavy atom. The minimum absolute atomic E-state index is 0.252. The van der Waals surface area contributed by atoms with Gasteiger partial charge in [0, 0.05) is 24.3 Å². The topological polar surface area (TPSA) is 82.7 Å². The van der Waals surface area contributed by atoms with Gasteiger partial charge in [0.15, 0.2) is 5.82 Å². The van der Waals surface area contributed by atoms with E-state index >= 15 is 0 Å². The lowest BCUT2D eigenvalue weighted by Crippen LogP contribution is -2.07. The minimum atomic E-state index is -3.90. The third kappa shape index (κ3) is 2.05. The monoisotopic (exact) mass is 275 g/mol. The molecule has 0 atom stereocenters. The molecule has 2 aromatic heterocycles. The first-order valence-corrected chi connectivity index (χ1v) is 7.10. The zero-order valence-electron chi connectivity index (χ0n) is 9.20. The summed E-state index contributed by atoms with van der Waals surface area (Å²) in [6.07, 6.45) is 3.18. The fourth-order valence-electron chi connectivity index (χ4n) is 1.52. The second kappa shape index (κ2) is 4.11. The molecular formula is C8H10ClN5O2S. The molecule has 0 unspecified atom stereocenters. The second-order valence-corrected chi connectivity index (χ2v) is 5.84. The lowest BCUT2D eigenvalue weighted by molar-refractivity contribution is 0.582. The standard InChI is InChI=1S/C8H10ClN5O2S/c1-3-14-7(6-4-10-5-13(6)2)11-12-8(14)17(9,15)16/h4-5H,3H2,1-2H3. The Morgan fingerprint density at radius 3 is 2.59 bits per heavy atom. The number of rotatable bonds is 3.